The third kappa shape index (κ3) is 1.04. The maximum atomic E-state index is 10.3. The average molecular weight is 128 g/mol. The molecule has 1 atom stereocenters. The highest BCUT2D eigenvalue weighted by atomic mass is 16.8. The second-order valence-electron chi connectivity index (χ2n) is 2.16. The van der Waals surface area contributed by atoms with Gasteiger partial charge in [0.25, 0.3) is 0 Å². The standard InChI is InChI=1S/C6H8O3/c1-3-6(2)4-8-5(7)9-6/h3H,1,4H2,2H3/t6-/m0/s1. The van der Waals surface area contributed by atoms with Crippen molar-refractivity contribution < 1.29 is 14.3 Å². The molecule has 1 aliphatic heterocycles. The molecule has 1 aliphatic rings. The predicted molar refractivity (Wildman–Crippen MR) is 31.0 cm³/mol. The fourth-order valence-electron chi connectivity index (χ4n) is 0.552. The number of cyclic esters (lactones) is 2. The summed E-state index contributed by atoms with van der Waals surface area (Å²) < 4.78 is 9.25. The van der Waals surface area contributed by atoms with Crippen LogP contribution in [0.2, 0.25) is 0 Å². The van der Waals surface area contributed by atoms with E-state index in [1.54, 1.807) is 13.0 Å². The van der Waals surface area contributed by atoms with Crippen LogP contribution < -0.4 is 0 Å². The van der Waals surface area contributed by atoms with Gasteiger partial charge in [-0.05, 0) is 13.0 Å². The van der Waals surface area contributed by atoms with E-state index in [9.17, 15) is 4.79 Å². The number of rotatable bonds is 1. The van der Waals surface area contributed by atoms with Gasteiger partial charge in [-0.1, -0.05) is 6.58 Å². The first-order valence-corrected chi connectivity index (χ1v) is 2.66. The Kier molecular flexibility index (Phi) is 1.20. The van der Waals surface area contributed by atoms with Crippen molar-refractivity contribution in [2.75, 3.05) is 6.61 Å². The van der Waals surface area contributed by atoms with Gasteiger partial charge >= 0.3 is 6.16 Å². The Morgan fingerprint density at radius 1 is 1.89 bits per heavy atom. The highest BCUT2D eigenvalue weighted by Gasteiger charge is 2.34. The van der Waals surface area contributed by atoms with Crippen LogP contribution in [0, 0.1) is 0 Å². The minimum atomic E-state index is -0.614. The van der Waals surface area contributed by atoms with Crippen LogP contribution in [0.5, 0.6) is 0 Å². The molecule has 1 heterocycles. The molecule has 0 aromatic heterocycles. The van der Waals surface area contributed by atoms with Crippen molar-refractivity contribution in [3.05, 3.63) is 12.7 Å². The fourth-order valence-corrected chi connectivity index (χ4v) is 0.552. The van der Waals surface area contributed by atoms with Crippen molar-refractivity contribution in [1.29, 1.82) is 0 Å². The Hall–Kier alpha value is -0.990. The van der Waals surface area contributed by atoms with Crippen molar-refractivity contribution in [2.24, 2.45) is 0 Å². The van der Waals surface area contributed by atoms with E-state index in [4.69, 9.17) is 4.74 Å². The summed E-state index contributed by atoms with van der Waals surface area (Å²) in [7, 11) is 0. The lowest BCUT2D eigenvalue weighted by Crippen LogP contribution is -2.23. The van der Waals surface area contributed by atoms with Crippen molar-refractivity contribution in [1.82, 2.24) is 0 Å². The van der Waals surface area contributed by atoms with Crippen LogP contribution in [-0.2, 0) is 9.47 Å². The molecule has 0 N–H and O–H groups in total. The van der Waals surface area contributed by atoms with Gasteiger partial charge in [0.1, 0.15) is 6.61 Å². The van der Waals surface area contributed by atoms with E-state index in [2.05, 4.69) is 11.3 Å². The van der Waals surface area contributed by atoms with Gasteiger partial charge in [-0.3, -0.25) is 0 Å². The van der Waals surface area contributed by atoms with E-state index in [0.717, 1.165) is 0 Å². The monoisotopic (exact) mass is 128 g/mol. The van der Waals surface area contributed by atoms with E-state index in [0.29, 0.717) is 0 Å². The van der Waals surface area contributed by atoms with E-state index in [1.807, 2.05) is 0 Å². The molecule has 0 amide bonds. The molecule has 0 saturated carbocycles. The molecule has 9 heavy (non-hydrogen) atoms. The van der Waals surface area contributed by atoms with E-state index in [1.165, 1.54) is 0 Å². The van der Waals surface area contributed by atoms with Crippen LogP contribution in [0.3, 0.4) is 0 Å². The van der Waals surface area contributed by atoms with Crippen LogP contribution in [0.4, 0.5) is 4.79 Å². The zero-order valence-corrected chi connectivity index (χ0v) is 5.22. The van der Waals surface area contributed by atoms with Crippen LogP contribution in [0.25, 0.3) is 0 Å². The third-order valence-corrected chi connectivity index (χ3v) is 1.22. The lowest BCUT2D eigenvalue weighted by Gasteiger charge is -2.11. The molecule has 1 saturated heterocycles. The molecule has 3 heteroatoms. The number of hydrogen-bond acceptors (Lipinski definition) is 3. The van der Waals surface area contributed by atoms with Crippen LogP contribution in [0.1, 0.15) is 6.92 Å². The summed E-state index contributed by atoms with van der Waals surface area (Å²) in [4.78, 5) is 10.3. The topological polar surface area (TPSA) is 35.5 Å². The molecular formula is C6H8O3. The smallest absolute Gasteiger partial charge is 0.430 e. The Bertz CT molecular complexity index is 152. The highest BCUT2D eigenvalue weighted by Crippen LogP contribution is 2.19. The number of carbonyl (C=O) groups excluding carboxylic acids is 1. The molecule has 0 radical (unpaired) electrons. The number of hydrogen-bond donors (Lipinski definition) is 0. The van der Waals surface area contributed by atoms with E-state index < -0.39 is 11.8 Å². The molecular weight excluding hydrogens is 120 g/mol. The van der Waals surface area contributed by atoms with Gasteiger partial charge in [-0.2, -0.15) is 0 Å². The lowest BCUT2D eigenvalue weighted by atomic mass is 10.1. The summed E-state index contributed by atoms with van der Waals surface area (Å²) in [6, 6.07) is 0. The summed E-state index contributed by atoms with van der Waals surface area (Å²) >= 11 is 0. The fraction of sp³-hybridized carbons (Fsp3) is 0.500. The Morgan fingerprint density at radius 2 is 2.56 bits per heavy atom. The number of ether oxygens (including phenoxy) is 2. The van der Waals surface area contributed by atoms with Gasteiger partial charge in [-0.25, -0.2) is 4.79 Å². The first-order chi connectivity index (χ1) is 4.16. The van der Waals surface area contributed by atoms with Gasteiger partial charge in [-0.15, -0.1) is 0 Å². The van der Waals surface area contributed by atoms with Gasteiger partial charge < -0.3 is 9.47 Å². The third-order valence-electron chi connectivity index (χ3n) is 1.22. The molecule has 0 bridgehead atoms. The maximum absolute atomic E-state index is 10.3. The van der Waals surface area contributed by atoms with Crippen molar-refractivity contribution in [3.8, 4) is 0 Å². The van der Waals surface area contributed by atoms with Gasteiger partial charge in [0, 0.05) is 0 Å². The first kappa shape index (κ1) is 6.13. The summed E-state index contributed by atoms with van der Waals surface area (Å²) in [6.07, 6.45) is 0.940. The van der Waals surface area contributed by atoms with Gasteiger partial charge in [0.05, 0.1) is 0 Å². The summed E-state index contributed by atoms with van der Waals surface area (Å²) in [5, 5.41) is 0. The highest BCUT2D eigenvalue weighted by molar-refractivity contribution is 5.63. The molecule has 50 valence electrons. The summed E-state index contributed by atoms with van der Waals surface area (Å²) in [5.74, 6) is 0. The lowest BCUT2D eigenvalue weighted by molar-refractivity contribution is 0.0993. The number of carbonyl (C=O) groups is 1. The largest absolute Gasteiger partial charge is 0.509 e. The average Bonchev–Trinajstić information content (AvgIpc) is 2.13. The quantitative estimate of drug-likeness (QED) is 0.392. The van der Waals surface area contributed by atoms with Crippen LogP contribution >= 0.6 is 0 Å². The minimum absolute atomic E-state index is 0.273. The molecule has 0 aliphatic carbocycles. The molecule has 0 unspecified atom stereocenters. The Morgan fingerprint density at radius 3 is 2.78 bits per heavy atom. The summed E-state index contributed by atoms with van der Waals surface area (Å²) in [5.41, 5.74) is -0.600. The summed E-state index contributed by atoms with van der Waals surface area (Å²) in [6.45, 7) is 5.51. The zero-order valence-electron chi connectivity index (χ0n) is 5.22. The molecule has 0 aromatic rings. The van der Waals surface area contributed by atoms with Crippen molar-refractivity contribution >= 4 is 6.16 Å². The van der Waals surface area contributed by atoms with E-state index in [-0.39, 0.29) is 6.61 Å². The molecule has 3 nitrogen and oxygen atoms in total. The maximum Gasteiger partial charge on any atom is 0.509 e. The molecule has 1 fully saturated rings. The minimum Gasteiger partial charge on any atom is -0.430 e. The molecule has 1 rings (SSSR count). The SMILES string of the molecule is C=C[C@@]1(C)COC(=O)O1. The predicted octanol–water partition coefficient (Wildman–Crippen LogP) is 1.10. The second kappa shape index (κ2) is 1.76. The van der Waals surface area contributed by atoms with Crippen molar-refractivity contribution in [2.45, 2.75) is 12.5 Å². The molecule has 0 aromatic carbocycles. The Balaban J connectivity index is 2.65. The van der Waals surface area contributed by atoms with Gasteiger partial charge in [0.2, 0.25) is 0 Å². The van der Waals surface area contributed by atoms with E-state index >= 15 is 0 Å². The molecule has 0 spiro atoms. The Labute approximate surface area is 53.3 Å². The first-order valence-electron chi connectivity index (χ1n) is 2.66. The van der Waals surface area contributed by atoms with Crippen molar-refractivity contribution in [3.63, 3.8) is 0 Å². The van der Waals surface area contributed by atoms with Crippen LogP contribution in [-0.4, -0.2) is 18.4 Å². The van der Waals surface area contributed by atoms with Crippen LogP contribution in [0.15, 0.2) is 12.7 Å². The van der Waals surface area contributed by atoms with Gasteiger partial charge in [0.15, 0.2) is 5.60 Å². The zero-order chi connectivity index (χ0) is 6.91. The second-order valence-corrected chi connectivity index (χ2v) is 2.16. The normalized spacial score (nSPS) is 33.2.